The Morgan fingerprint density at radius 3 is 2.90 bits per heavy atom. The number of hydrogen-bond donors (Lipinski definition) is 1. The number of likely N-dealkylation sites (N-methyl/N-ethyl adjacent to an activating group) is 1. The van der Waals surface area contributed by atoms with E-state index in [-0.39, 0.29) is 24.2 Å². The Hall–Kier alpha value is -2.15. The number of carbonyl (C=O) groups excluding carboxylic acids is 1. The fourth-order valence-corrected chi connectivity index (χ4v) is 2.71. The van der Waals surface area contributed by atoms with Gasteiger partial charge in [-0.2, -0.15) is 0 Å². The van der Waals surface area contributed by atoms with Gasteiger partial charge in [0, 0.05) is 19.3 Å². The molecule has 0 radical (unpaired) electrons. The molecule has 2 aromatic rings. The van der Waals surface area contributed by atoms with Crippen LogP contribution in [0.2, 0.25) is 0 Å². The first kappa shape index (κ1) is 13.8. The number of hydrogen-bond acceptors (Lipinski definition) is 4. The molecule has 1 aliphatic rings. The number of piperidine rings is 1. The zero-order valence-electron chi connectivity index (χ0n) is 12.0. The van der Waals surface area contributed by atoms with Gasteiger partial charge >= 0.3 is 5.69 Å². The summed E-state index contributed by atoms with van der Waals surface area (Å²) >= 11 is 0. The average molecular weight is 289 g/mol. The zero-order valence-corrected chi connectivity index (χ0v) is 12.0. The van der Waals surface area contributed by atoms with Crippen molar-refractivity contribution in [1.29, 1.82) is 0 Å². The quantitative estimate of drug-likeness (QED) is 0.842. The van der Waals surface area contributed by atoms with Crippen molar-refractivity contribution in [3.63, 3.8) is 0 Å². The maximum Gasteiger partial charge on any atom is 0.350 e. The normalized spacial score (nSPS) is 16.2. The molecule has 0 atom stereocenters. The first-order valence-electron chi connectivity index (χ1n) is 7.17. The minimum atomic E-state index is -0.280. The van der Waals surface area contributed by atoms with Crippen LogP contribution >= 0.6 is 0 Å². The van der Waals surface area contributed by atoms with Gasteiger partial charge in [-0.15, -0.1) is 5.10 Å². The average Bonchev–Trinajstić information content (AvgIpc) is 2.84. The van der Waals surface area contributed by atoms with Gasteiger partial charge in [0.2, 0.25) is 5.91 Å². The fourth-order valence-electron chi connectivity index (χ4n) is 2.71. The monoisotopic (exact) mass is 289 g/mol. The molecule has 1 fully saturated rings. The summed E-state index contributed by atoms with van der Waals surface area (Å²) in [5.74, 6) is -0.0765. The van der Waals surface area contributed by atoms with Gasteiger partial charge in [-0.1, -0.05) is 6.07 Å². The van der Waals surface area contributed by atoms with Gasteiger partial charge in [-0.25, -0.2) is 9.48 Å². The van der Waals surface area contributed by atoms with Crippen molar-refractivity contribution in [3.8, 4) is 0 Å². The van der Waals surface area contributed by atoms with Crippen LogP contribution in [0.25, 0.3) is 5.65 Å². The number of nitrogens with one attached hydrogen (secondary N) is 1. The SMILES string of the molecule is CN(C(=O)Cn1nc2ccccn2c1=O)C1CCNCC1. The van der Waals surface area contributed by atoms with Crippen molar-refractivity contribution in [2.75, 3.05) is 20.1 Å². The third-order valence-corrected chi connectivity index (χ3v) is 4.02. The molecule has 3 rings (SSSR count). The molecule has 0 aromatic carbocycles. The van der Waals surface area contributed by atoms with E-state index in [2.05, 4.69) is 10.4 Å². The second kappa shape index (κ2) is 5.69. The molecular formula is C14H19N5O2. The van der Waals surface area contributed by atoms with Crippen LogP contribution in [0, 0.1) is 0 Å². The number of carbonyl (C=O) groups is 1. The number of nitrogens with zero attached hydrogens (tertiary/aromatic N) is 4. The Morgan fingerprint density at radius 2 is 2.19 bits per heavy atom. The predicted molar refractivity (Wildman–Crippen MR) is 78.1 cm³/mol. The number of fused-ring (bicyclic) bond motifs is 1. The van der Waals surface area contributed by atoms with E-state index in [9.17, 15) is 9.59 Å². The Kier molecular flexibility index (Phi) is 3.74. The lowest BCUT2D eigenvalue weighted by molar-refractivity contribution is -0.133. The summed E-state index contributed by atoms with van der Waals surface area (Å²) in [6.07, 6.45) is 3.55. The Balaban J connectivity index is 1.76. The summed E-state index contributed by atoms with van der Waals surface area (Å²) < 4.78 is 2.67. The number of rotatable bonds is 3. The van der Waals surface area contributed by atoms with Gasteiger partial charge in [-0.3, -0.25) is 9.20 Å². The molecular weight excluding hydrogens is 270 g/mol. The minimum absolute atomic E-state index is 0.0130. The zero-order chi connectivity index (χ0) is 14.8. The van der Waals surface area contributed by atoms with Gasteiger partial charge in [0.15, 0.2) is 5.65 Å². The van der Waals surface area contributed by atoms with Crippen LogP contribution in [-0.2, 0) is 11.3 Å². The molecule has 21 heavy (non-hydrogen) atoms. The summed E-state index contributed by atoms with van der Waals surface area (Å²) in [4.78, 5) is 26.2. The van der Waals surface area contributed by atoms with Crippen LogP contribution in [0.4, 0.5) is 0 Å². The van der Waals surface area contributed by atoms with Crippen molar-refractivity contribution < 1.29 is 4.79 Å². The summed E-state index contributed by atoms with van der Waals surface area (Å²) in [7, 11) is 1.80. The summed E-state index contributed by atoms with van der Waals surface area (Å²) in [6, 6.07) is 5.57. The fraction of sp³-hybridized carbons (Fsp3) is 0.500. The third kappa shape index (κ3) is 2.69. The van der Waals surface area contributed by atoms with Crippen LogP contribution in [0.1, 0.15) is 12.8 Å². The van der Waals surface area contributed by atoms with Crippen LogP contribution < -0.4 is 11.0 Å². The van der Waals surface area contributed by atoms with Crippen molar-refractivity contribution in [2.24, 2.45) is 0 Å². The van der Waals surface area contributed by atoms with Crippen molar-refractivity contribution in [3.05, 3.63) is 34.9 Å². The highest BCUT2D eigenvalue weighted by Gasteiger charge is 2.22. The van der Waals surface area contributed by atoms with E-state index in [4.69, 9.17) is 0 Å². The highest BCUT2D eigenvalue weighted by Crippen LogP contribution is 2.10. The molecule has 112 valence electrons. The van der Waals surface area contributed by atoms with Gasteiger partial charge in [-0.05, 0) is 38.1 Å². The second-order valence-electron chi connectivity index (χ2n) is 5.35. The van der Waals surface area contributed by atoms with Gasteiger partial charge in [0.25, 0.3) is 0 Å². The van der Waals surface area contributed by atoms with Gasteiger partial charge in [0.05, 0.1) is 0 Å². The van der Waals surface area contributed by atoms with Crippen LogP contribution in [0.3, 0.4) is 0 Å². The van der Waals surface area contributed by atoms with E-state index >= 15 is 0 Å². The largest absolute Gasteiger partial charge is 0.350 e. The van der Waals surface area contributed by atoms with Gasteiger partial charge in [0.1, 0.15) is 6.54 Å². The van der Waals surface area contributed by atoms with E-state index in [1.807, 2.05) is 6.07 Å². The maximum absolute atomic E-state index is 12.3. The molecule has 1 aliphatic heterocycles. The van der Waals surface area contributed by atoms with E-state index < -0.39 is 0 Å². The Bertz CT molecular complexity index is 699. The molecule has 1 saturated heterocycles. The van der Waals surface area contributed by atoms with Crippen LogP contribution in [0.5, 0.6) is 0 Å². The lowest BCUT2D eigenvalue weighted by atomic mass is 10.1. The lowest BCUT2D eigenvalue weighted by Crippen LogP contribution is -2.45. The van der Waals surface area contributed by atoms with Crippen molar-refractivity contribution in [1.82, 2.24) is 24.4 Å². The lowest BCUT2D eigenvalue weighted by Gasteiger charge is -2.31. The van der Waals surface area contributed by atoms with Crippen LogP contribution in [-0.4, -0.2) is 51.2 Å². The molecule has 0 spiro atoms. The molecule has 0 saturated carbocycles. The van der Waals surface area contributed by atoms with E-state index in [0.717, 1.165) is 25.9 Å². The number of pyridine rings is 1. The number of amides is 1. The highest BCUT2D eigenvalue weighted by atomic mass is 16.2. The first-order chi connectivity index (χ1) is 10.2. The van der Waals surface area contributed by atoms with E-state index in [0.29, 0.717) is 5.65 Å². The third-order valence-electron chi connectivity index (χ3n) is 4.02. The maximum atomic E-state index is 12.3. The summed E-state index contributed by atoms with van der Waals surface area (Å²) in [6.45, 7) is 1.84. The molecule has 0 bridgehead atoms. The molecule has 1 N–H and O–H groups in total. The molecule has 3 heterocycles. The molecule has 2 aromatic heterocycles. The smallest absolute Gasteiger partial charge is 0.341 e. The Labute approximate surface area is 122 Å². The highest BCUT2D eigenvalue weighted by molar-refractivity contribution is 5.76. The minimum Gasteiger partial charge on any atom is -0.341 e. The van der Waals surface area contributed by atoms with Crippen LogP contribution in [0.15, 0.2) is 29.2 Å². The second-order valence-corrected chi connectivity index (χ2v) is 5.35. The molecule has 7 nitrogen and oxygen atoms in total. The topological polar surface area (TPSA) is 71.6 Å². The van der Waals surface area contributed by atoms with E-state index in [1.165, 1.54) is 9.08 Å². The first-order valence-corrected chi connectivity index (χ1v) is 7.17. The van der Waals surface area contributed by atoms with Gasteiger partial charge < -0.3 is 10.2 Å². The molecule has 7 heteroatoms. The van der Waals surface area contributed by atoms with E-state index in [1.54, 1.807) is 30.3 Å². The predicted octanol–water partition coefficient (Wildman–Crippen LogP) is -0.294. The number of aromatic nitrogens is 3. The molecule has 0 aliphatic carbocycles. The standard InChI is InChI=1S/C14H19N5O2/c1-17(11-5-7-15-8-6-11)13(20)10-19-14(21)18-9-3-2-4-12(18)16-19/h2-4,9,11,15H,5-8,10H2,1H3. The molecule has 1 amide bonds. The van der Waals surface area contributed by atoms with Crippen molar-refractivity contribution in [2.45, 2.75) is 25.4 Å². The summed E-state index contributed by atoms with van der Waals surface area (Å²) in [5.41, 5.74) is 0.275. The Morgan fingerprint density at radius 1 is 1.43 bits per heavy atom. The molecule has 0 unspecified atom stereocenters. The summed E-state index contributed by atoms with van der Waals surface area (Å²) in [5, 5.41) is 7.46. The van der Waals surface area contributed by atoms with Crippen molar-refractivity contribution >= 4 is 11.6 Å².